The molecule has 0 aliphatic carbocycles. The number of carboxylic acid groups (broad SMARTS) is 2. The molecule has 15 heteroatoms. The molecular weight excluding hydrogens is 551 g/mol. The Bertz CT molecular complexity index is 1380. The topological polar surface area (TPSA) is 225 Å². The minimum atomic E-state index is -1.16. The summed E-state index contributed by atoms with van der Waals surface area (Å²) in [6.07, 6.45) is 7.85. The Labute approximate surface area is 270 Å². The van der Waals surface area contributed by atoms with E-state index in [4.69, 9.17) is 10.2 Å². The van der Waals surface area contributed by atoms with Gasteiger partial charge in [0.1, 0.15) is 17.1 Å². The van der Waals surface area contributed by atoms with Gasteiger partial charge in [-0.3, -0.25) is 24.7 Å². The molecule has 0 unspecified atom stereocenters. The fourth-order valence-corrected chi connectivity index (χ4v) is 2.67. The van der Waals surface area contributed by atoms with Gasteiger partial charge in [0.15, 0.2) is 11.5 Å². The van der Waals surface area contributed by atoms with Crippen LogP contribution in [0, 0.1) is 0 Å². The maximum absolute atomic E-state index is 11.3. The first-order chi connectivity index (χ1) is 17.7. The largest absolute Gasteiger partial charge is 1.00 e. The number of rotatable bonds is 6. The standard InChI is InChI=1S/C13H11N3O3.C11H7N3O4.CH4.K.H2O/c1-8(17)11-6-16-12(7-15-11)10-4-3-9(5-14-10)13(18)19-2;15-10(16)6-1-2-7(12-3-6)8-4-14-9(5-13-8)11(17)18;;;/h3-7H,1-2H3;1-5H,(H,15,16)(H,17,18);1H4;;1H2/q;;;+1;/p-1. The van der Waals surface area contributed by atoms with Crippen molar-refractivity contribution in [3.63, 3.8) is 0 Å². The number of carbonyl (C=O) groups is 4. The first-order valence-corrected chi connectivity index (χ1v) is 10.3. The van der Waals surface area contributed by atoms with Crippen LogP contribution in [0.5, 0.6) is 0 Å². The van der Waals surface area contributed by atoms with Crippen molar-refractivity contribution < 1.29 is 91.0 Å². The molecule has 0 aromatic carbocycles. The molecule has 40 heavy (non-hydrogen) atoms. The van der Waals surface area contributed by atoms with Crippen LogP contribution in [0.2, 0.25) is 0 Å². The zero-order valence-electron chi connectivity index (χ0n) is 20.8. The molecule has 4 heterocycles. The van der Waals surface area contributed by atoms with E-state index in [0.29, 0.717) is 34.0 Å². The summed E-state index contributed by atoms with van der Waals surface area (Å²) in [6.45, 7) is 1.42. The minimum absolute atomic E-state index is 0. The predicted molar refractivity (Wildman–Crippen MR) is 134 cm³/mol. The second-order valence-electron chi connectivity index (χ2n) is 7.10. The summed E-state index contributed by atoms with van der Waals surface area (Å²) in [4.78, 5) is 67.2. The van der Waals surface area contributed by atoms with Crippen molar-refractivity contribution in [2.24, 2.45) is 0 Å². The molecule has 202 valence electrons. The third kappa shape index (κ3) is 9.71. The Morgan fingerprint density at radius 2 is 1.07 bits per heavy atom. The summed E-state index contributed by atoms with van der Waals surface area (Å²) < 4.78 is 4.58. The van der Waals surface area contributed by atoms with E-state index in [9.17, 15) is 19.2 Å². The average molecular weight is 575 g/mol. The van der Waals surface area contributed by atoms with Gasteiger partial charge in [-0.1, -0.05) is 7.43 Å². The van der Waals surface area contributed by atoms with Crippen LogP contribution in [0.1, 0.15) is 56.0 Å². The monoisotopic (exact) mass is 574 g/mol. The molecule has 14 nitrogen and oxygen atoms in total. The van der Waals surface area contributed by atoms with E-state index >= 15 is 0 Å². The Kier molecular flexibility index (Phi) is 15.3. The van der Waals surface area contributed by atoms with E-state index in [-0.39, 0.29) is 81.3 Å². The number of aromatic carboxylic acids is 2. The number of carbonyl (C=O) groups excluding carboxylic acids is 2. The summed E-state index contributed by atoms with van der Waals surface area (Å²) >= 11 is 0. The van der Waals surface area contributed by atoms with Gasteiger partial charge in [0.25, 0.3) is 0 Å². The number of esters is 1. The van der Waals surface area contributed by atoms with Crippen LogP contribution in [0.4, 0.5) is 0 Å². The molecule has 0 saturated carbocycles. The molecule has 0 fully saturated rings. The quantitative estimate of drug-likeness (QED) is 0.175. The van der Waals surface area contributed by atoms with Crippen LogP contribution in [0.15, 0.2) is 61.4 Å². The molecular formula is C25H23KN6O8. The minimum Gasteiger partial charge on any atom is -0.870 e. The zero-order chi connectivity index (χ0) is 26.9. The van der Waals surface area contributed by atoms with Crippen molar-refractivity contribution in [2.75, 3.05) is 7.11 Å². The summed E-state index contributed by atoms with van der Waals surface area (Å²) in [7, 11) is 1.31. The van der Waals surface area contributed by atoms with Crippen LogP contribution in [0.25, 0.3) is 22.8 Å². The van der Waals surface area contributed by atoms with Gasteiger partial charge in [-0.05, 0) is 24.3 Å². The summed E-state index contributed by atoms with van der Waals surface area (Å²) in [5.74, 6) is -2.82. The molecule has 0 amide bonds. The van der Waals surface area contributed by atoms with Crippen molar-refractivity contribution in [3.8, 4) is 22.8 Å². The molecule has 0 aliphatic rings. The van der Waals surface area contributed by atoms with Crippen LogP contribution in [-0.2, 0) is 4.74 Å². The van der Waals surface area contributed by atoms with E-state index < -0.39 is 17.9 Å². The molecule has 0 radical (unpaired) electrons. The van der Waals surface area contributed by atoms with Crippen LogP contribution in [-0.4, -0.2) is 76.4 Å². The molecule has 4 aromatic rings. The van der Waals surface area contributed by atoms with Gasteiger partial charge in [-0.2, -0.15) is 0 Å². The van der Waals surface area contributed by atoms with E-state index in [2.05, 4.69) is 34.6 Å². The Hall–Kier alpha value is -3.86. The number of nitrogens with zero attached hydrogens (tertiary/aromatic N) is 6. The molecule has 4 rings (SSSR count). The Morgan fingerprint density at radius 1 is 0.625 bits per heavy atom. The molecule has 0 bridgehead atoms. The van der Waals surface area contributed by atoms with E-state index in [0.717, 1.165) is 6.20 Å². The number of hydrogen-bond donors (Lipinski definition) is 2. The van der Waals surface area contributed by atoms with Crippen molar-refractivity contribution in [2.45, 2.75) is 14.4 Å². The molecule has 3 N–H and O–H groups in total. The van der Waals surface area contributed by atoms with Gasteiger partial charge in [-0.25, -0.2) is 24.4 Å². The Balaban J connectivity index is 0.000000708. The number of Topliss-reactive ketones (excluding diaryl/α,β-unsaturated/α-hetero) is 1. The predicted octanol–water partition coefficient (Wildman–Crippen LogP) is -0.0739. The number of hydrogen-bond acceptors (Lipinski definition) is 12. The summed E-state index contributed by atoms with van der Waals surface area (Å²) in [6, 6.07) is 6.10. The third-order valence-electron chi connectivity index (χ3n) is 4.60. The first kappa shape index (κ1) is 36.1. The van der Waals surface area contributed by atoms with Crippen LogP contribution < -0.4 is 51.4 Å². The van der Waals surface area contributed by atoms with Gasteiger partial charge in [0.2, 0.25) is 0 Å². The second kappa shape index (κ2) is 17.0. The fraction of sp³-hybridized carbons (Fsp3) is 0.120. The number of ether oxygens (including phenoxy) is 1. The number of methoxy groups -OCH3 is 1. The van der Waals surface area contributed by atoms with Crippen molar-refractivity contribution >= 4 is 23.7 Å². The van der Waals surface area contributed by atoms with E-state index in [1.54, 1.807) is 12.1 Å². The number of carboxylic acids is 2. The normalized spacial score (nSPS) is 9.25. The van der Waals surface area contributed by atoms with Gasteiger partial charge >= 0.3 is 69.3 Å². The third-order valence-corrected chi connectivity index (χ3v) is 4.60. The molecule has 0 saturated heterocycles. The van der Waals surface area contributed by atoms with Crippen molar-refractivity contribution in [3.05, 3.63) is 84.0 Å². The van der Waals surface area contributed by atoms with E-state index in [1.165, 1.54) is 57.2 Å². The number of aromatic nitrogens is 6. The zero-order valence-corrected chi connectivity index (χ0v) is 24.0. The molecule has 0 spiro atoms. The van der Waals surface area contributed by atoms with Gasteiger partial charge in [0, 0.05) is 19.3 Å². The Morgan fingerprint density at radius 3 is 1.40 bits per heavy atom. The average Bonchev–Trinajstić information content (AvgIpc) is 2.93. The fourth-order valence-electron chi connectivity index (χ4n) is 2.67. The number of ketones is 1. The maximum atomic E-state index is 11.3. The summed E-state index contributed by atoms with van der Waals surface area (Å²) in [5.41, 5.74) is 2.45. The van der Waals surface area contributed by atoms with Crippen molar-refractivity contribution in [1.29, 1.82) is 0 Å². The second-order valence-corrected chi connectivity index (χ2v) is 7.10. The van der Waals surface area contributed by atoms with Crippen LogP contribution in [0.3, 0.4) is 0 Å². The number of pyridine rings is 2. The molecule has 4 aromatic heterocycles. The molecule has 0 atom stereocenters. The van der Waals surface area contributed by atoms with Gasteiger partial charge in [-0.15, -0.1) is 0 Å². The smallest absolute Gasteiger partial charge is 0.870 e. The van der Waals surface area contributed by atoms with E-state index in [1.807, 2.05) is 0 Å². The van der Waals surface area contributed by atoms with Crippen LogP contribution >= 0.6 is 0 Å². The SMILES string of the molecule is C.COC(=O)c1ccc(-c2cnc(C(C)=O)cn2)nc1.O=C(O)c1ccc(-c2cnc(C(=O)O)cn2)nc1.[K+].[OH-]. The first-order valence-electron chi connectivity index (χ1n) is 10.3. The van der Waals surface area contributed by atoms with Gasteiger partial charge in [0.05, 0.1) is 54.4 Å². The van der Waals surface area contributed by atoms with Crippen molar-refractivity contribution in [1.82, 2.24) is 29.9 Å². The summed E-state index contributed by atoms with van der Waals surface area (Å²) in [5, 5.41) is 17.4. The molecule has 0 aliphatic heterocycles. The van der Waals surface area contributed by atoms with Gasteiger partial charge < -0.3 is 20.4 Å². The maximum Gasteiger partial charge on any atom is 1.00 e.